The molecule has 0 aromatic heterocycles. The molecule has 0 radical (unpaired) electrons. The van der Waals surface area contributed by atoms with Crippen molar-refractivity contribution in [2.75, 3.05) is 45.1 Å². The zero-order valence-corrected chi connectivity index (χ0v) is 12.1. The van der Waals surface area contributed by atoms with Crippen molar-refractivity contribution in [2.45, 2.75) is 25.3 Å². The van der Waals surface area contributed by atoms with Gasteiger partial charge in [-0.15, -0.1) is 0 Å². The van der Waals surface area contributed by atoms with Gasteiger partial charge in [0.05, 0.1) is 6.61 Å². The first-order valence-electron chi connectivity index (χ1n) is 7.76. The molecule has 20 heavy (non-hydrogen) atoms. The summed E-state index contributed by atoms with van der Waals surface area (Å²) in [6.45, 7) is 6.98. The van der Waals surface area contributed by atoms with Gasteiger partial charge in [0.25, 0.3) is 0 Å². The summed E-state index contributed by atoms with van der Waals surface area (Å²) < 4.78 is 5.75. The van der Waals surface area contributed by atoms with E-state index in [9.17, 15) is 0 Å². The van der Waals surface area contributed by atoms with Gasteiger partial charge in [0.15, 0.2) is 0 Å². The number of benzene rings is 1. The molecule has 2 aliphatic rings. The Labute approximate surface area is 121 Å². The molecule has 4 nitrogen and oxygen atoms in total. The maximum absolute atomic E-state index is 5.75. The van der Waals surface area contributed by atoms with Crippen LogP contribution in [0, 0.1) is 0 Å². The Balaban J connectivity index is 1.34. The van der Waals surface area contributed by atoms with Crippen LogP contribution in [-0.2, 0) is 0 Å². The molecule has 2 heterocycles. The van der Waals surface area contributed by atoms with Gasteiger partial charge in [0.1, 0.15) is 5.75 Å². The van der Waals surface area contributed by atoms with Crippen LogP contribution < -0.4 is 10.5 Å². The third kappa shape index (κ3) is 3.44. The summed E-state index contributed by atoms with van der Waals surface area (Å²) in [4.78, 5) is 5.25. The second-order valence-corrected chi connectivity index (χ2v) is 5.90. The van der Waals surface area contributed by atoms with Gasteiger partial charge in [0.2, 0.25) is 0 Å². The molecule has 2 saturated heterocycles. The van der Waals surface area contributed by atoms with E-state index in [0.29, 0.717) is 0 Å². The Kier molecular flexibility index (Phi) is 4.43. The Hall–Kier alpha value is -1.26. The van der Waals surface area contributed by atoms with Crippen LogP contribution in [0.1, 0.15) is 19.3 Å². The summed E-state index contributed by atoms with van der Waals surface area (Å²) in [5.41, 5.74) is 6.44. The molecule has 1 atom stereocenters. The predicted molar refractivity (Wildman–Crippen MR) is 82.0 cm³/mol. The first-order valence-corrected chi connectivity index (χ1v) is 7.76. The molecule has 0 aliphatic carbocycles. The highest BCUT2D eigenvalue weighted by Crippen LogP contribution is 2.21. The molecule has 110 valence electrons. The average Bonchev–Trinajstić information content (AvgIpc) is 2.93. The van der Waals surface area contributed by atoms with E-state index in [2.05, 4.69) is 9.80 Å². The van der Waals surface area contributed by atoms with Crippen molar-refractivity contribution in [1.29, 1.82) is 0 Å². The number of ether oxygens (including phenoxy) is 1. The van der Waals surface area contributed by atoms with Crippen molar-refractivity contribution in [3.05, 3.63) is 24.3 Å². The lowest BCUT2D eigenvalue weighted by Gasteiger charge is -2.37. The quantitative estimate of drug-likeness (QED) is 0.657. The lowest BCUT2D eigenvalue weighted by Crippen LogP contribution is -2.50. The van der Waals surface area contributed by atoms with Crippen LogP contribution in [0.2, 0.25) is 0 Å². The number of anilines is 1. The third-order valence-electron chi connectivity index (χ3n) is 4.44. The molecule has 0 saturated carbocycles. The molecule has 2 N–H and O–H groups in total. The maximum Gasteiger partial charge on any atom is 0.119 e. The standard InChI is InChI=1S/C16H25N3O/c17-14-4-6-16(7-5-14)20-12-2-8-18-10-11-19-9-1-3-15(19)13-18/h4-7,15H,1-3,8-13,17H2. The van der Waals surface area contributed by atoms with Crippen molar-refractivity contribution in [3.8, 4) is 5.75 Å². The van der Waals surface area contributed by atoms with Crippen LogP contribution >= 0.6 is 0 Å². The summed E-state index contributed by atoms with van der Waals surface area (Å²) in [5, 5.41) is 0. The summed E-state index contributed by atoms with van der Waals surface area (Å²) in [6, 6.07) is 8.46. The minimum Gasteiger partial charge on any atom is -0.494 e. The van der Waals surface area contributed by atoms with Crippen molar-refractivity contribution in [2.24, 2.45) is 0 Å². The van der Waals surface area contributed by atoms with Gasteiger partial charge >= 0.3 is 0 Å². The fourth-order valence-corrected chi connectivity index (χ4v) is 3.30. The number of rotatable bonds is 5. The van der Waals surface area contributed by atoms with E-state index in [1.807, 2.05) is 24.3 Å². The van der Waals surface area contributed by atoms with Gasteiger partial charge in [0, 0.05) is 37.9 Å². The number of hydrogen-bond acceptors (Lipinski definition) is 4. The number of nitrogens with two attached hydrogens (primary N) is 1. The number of hydrogen-bond donors (Lipinski definition) is 1. The Morgan fingerprint density at radius 1 is 1.15 bits per heavy atom. The monoisotopic (exact) mass is 275 g/mol. The topological polar surface area (TPSA) is 41.7 Å². The van der Waals surface area contributed by atoms with E-state index in [1.165, 1.54) is 39.0 Å². The maximum atomic E-state index is 5.75. The molecule has 2 fully saturated rings. The number of nitrogen functional groups attached to an aromatic ring is 1. The summed E-state index contributed by atoms with van der Waals surface area (Å²) >= 11 is 0. The molecule has 1 unspecified atom stereocenters. The molecular weight excluding hydrogens is 250 g/mol. The van der Waals surface area contributed by atoms with Crippen LogP contribution in [0.4, 0.5) is 5.69 Å². The molecule has 0 spiro atoms. The van der Waals surface area contributed by atoms with Gasteiger partial charge in [-0.2, -0.15) is 0 Å². The van der Waals surface area contributed by atoms with Crippen molar-refractivity contribution >= 4 is 5.69 Å². The first-order chi connectivity index (χ1) is 9.81. The summed E-state index contributed by atoms with van der Waals surface area (Å²) in [5.74, 6) is 0.916. The van der Waals surface area contributed by atoms with Gasteiger partial charge in [-0.25, -0.2) is 0 Å². The number of piperazine rings is 1. The normalized spacial score (nSPS) is 23.7. The van der Waals surface area contributed by atoms with Crippen molar-refractivity contribution in [3.63, 3.8) is 0 Å². The van der Waals surface area contributed by atoms with E-state index in [0.717, 1.165) is 37.1 Å². The van der Waals surface area contributed by atoms with E-state index >= 15 is 0 Å². The highest BCUT2D eigenvalue weighted by molar-refractivity contribution is 5.41. The third-order valence-corrected chi connectivity index (χ3v) is 4.44. The minimum atomic E-state index is 0.784. The minimum absolute atomic E-state index is 0.784. The summed E-state index contributed by atoms with van der Waals surface area (Å²) in [7, 11) is 0. The smallest absolute Gasteiger partial charge is 0.119 e. The molecule has 4 heteroatoms. The van der Waals surface area contributed by atoms with Gasteiger partial charge in [-0.05, 0) is 50.1 Å². The molecule has 0 amide bonds. The molecule has 2 aliphatic heterocycles. The highest BCUT2D eigenvalue weighted by Gasteiger charge is 2.29. The second-order valence-electron chi connectivity index (χ2n) is 5.90. The fourth-order valence-electron chi connectivity index (χ4n) is 3.30. The second kappa shape index (κ2) is 6.46. The molecule has 1 aromatic rings. The van der Waals surface area contributed by atoms with Gasteiger partial charge in [-0.3, -0.25) is 4.90 Å². The SMILES string of the molecule is Nc1ccc(OCCCN2CCN3CCCC3C2)cc1. The van der Waals surface area contributed by atoms with Crippen LogP contribution in [0.15, 0.2) is 24.3 Å². The Bertz CT molecular complexity index is 420. The lowest BCUT2D eigenvalue weighted by molar-refractivity contribution is 0.0997. The van der Waals surface area contributed by atoms with E-state index in [-0.39, 0.29) is 0 Å². The zero-order chi connectivity index (χ0) is 13.8. The lowest BCUT2D eigenvalue weighted by atomic mass is 10.1. The Morgan fingerprint density at radius 3 is 2.85 bits per heavy atom. The molecule has 3 rings (SSSR count). The van der Waals surface area contributed by atoms with Gasteiger partial charge in [-0.1, -0.05) is 0 Å². The van der Waals surface area contributed by atoms with Crippen LogP contribution in [0.25, 0.3) is 0 Å². The van der Waals surface area contributed by atoms with Crippen LogP contribution in [-0.4, -0.2) is 55.2 Å². The molecular formula is C16H25N3O. The predicted octanol–water partition coefficient (Wildman–Crippen LogP) is 1.82. The van der Waals surface area contributed by atoms with E-state index < -0.39 is 0 Å². The van der Waals surface area contributed by atoms with Crippen molar-refractivity contribution < 1.29 is 4.74 Å². The largest absolute Gasteiger partial charge is 0.494 e. The first kappa shape index (κ1) is 13.7. The number of fused-ring (bicyclic) bond motifs is 1. The number of nitrogens with zero attached hydrogens (tertiary/aromatic N) is 2. The van der Waals surface area contributed by atoms with Crippen molar-refractivity contribution in [1.82, 2.24) is 9.80 Å². The average molecular weight is 275 g/mol. The highest BCUT2D eigenvalue weighted by atomic mass is 16.5. The Morgan fingerprint density at radius 2 is 2.00 bits per heavy atom. The molecule has 0 bridgehead atoms. The van der Waals surface area contributed by atoms with Crippen LogP contribution in [0.3, 0.4) is 0 Å². The van der Waals surface area contributed by atoms with Gasteiger partial charge < -0.3 is 15.4 Å². The van der Waals surface area contributed by atoms with E-state index in [1.54, 1.807) is 0 Å². The van der Waals surface area contributed by atoms with E-state index in [4.69, 9.17) is 10.5 Å². The zero-order valence-electron chi connectivity index (χ0n) is 12.1. The fraction of sp³-hybridized carbons (Fsp3) is 0.625. The molecule has 1 aromatic carbocycles. The summed E-state index contributed by atoms with van der Waals surface area (Å²) in [6.07, 6.45) is 3.87. The van der Waals surface area contributed by atoms with Crippen LogP contribution in [0.5, 0.6) is 5.75 Å².